The molecule has 0 bridgehead atoms. The van der Waals surface area contributed by atoms with E-state index in [-0.39, 0.29) is 29.4 Å². The number of amides is 1. The summed E-state index contributed by atoms with van der Waals surface area (Å²) in [6.45, 7) is 6.70. The first-order valence-electron chi connectivity index (χ1n) is 9.46. The summed E-state index contributed by atoms with van der Waals surface area (Å²) in [4.78, 5) is 21.4. The molecule has 0 N–H and O–H groups in total. The van der Waals surface area contributed by atoms with Crippen LogP contribution in [0.5, 0.6) is 0 Å². The Bertz CT molecular complexity index is 958. The highest BCUT2D eigenvalue weighted by atomic mass is 32.2. The summed E-state index contributed by atoms with van der Waals surface area (Å²) in [5, 5.41) is 0. The molecule has 1 unspecified atom stereocenters. The van der Waals surface area contributed by atoms with Crippen LogP contribution in [0.2, 0.25) is 0 Å². The number of aromatic nitrogens is 1. The van der Waals surface area contributed by atoms with Gasteiger partial charge in [-0.15, -0.1) is 0 Å². The van der Waals surface area contributed by atoms with Crippen LogP contribution in [0.25, 0.3) is 11.1 Å². The van der Waals surface area contributed by atoms with Crippen molar-refractivity contribution in [3.8, 4) is 0 Å². The standard InChI is InChI=1S/C19H25N3O4S/c1-13(2)18-20-16-11-14(3-4-17(16)26-18)19(23)22-8-6-21(7-9-22)15-5-10-27(24,25)12-15/h3-4,11,13,15H,5-10,12H2,1-2H3. The lowest BCUT2D eigenvalue weighted by atomic mass is 10.1. The lowest BCUT2D eigenvalue weighted by Gasteiger charge is -2.37. The molecule has 0 spiro atoms. The van der Waals surface area contributed by atoms with Gasteiger partial charge in [0.15, 0.2) is 21.3 Å². The molecule has 2 saturated heterocycles. The van der Waals surface area contributed by atoms with E-state index in [9.17, 15) is 13.2 Å². The average molecular weight is 391 g/mol. The van der Waals surface area contributed by atoms with Gasteiger partial charge in [-0.05, 0) is 24.6 Å². The van der Waals surface area contributed by atoms with Crippen molar-refractivity contribution >= 4 is 26.8 Å². The molecular formula is C19H25N3O4S. The number of nitrogens with zero attached hydrogens (tertiary/aromatic N) is 3. The van der Waals surface area contributed by atoms with Gasteiger partial charge < -0.3 is 9.32 Å². The van der Waals surface area contributed by atoms with Gasteiger partial charge in [0.25, 0.3) is 5.91 Å². The van der Waals surface area contributed by atoms with E-state index in [4.69, 9.17) is 4.42 Å². The fraction of sp³-hybridized carbons (Fsp3) is 0.579. The zero-order valence-corrected chi connectivity index (χ0v) is 16.5. The Balaban J connectivity index is 1.42. The predicted molar refractivity (Wildman–Crippen MR) is 103 cm³/mol. The van der Waals surface area contributed by atoms with Gasteiger partial charge in [0.1, 0.15) is 5.52 Å². The fourth-order valence-electron chi connectivity index (χ4n) is 3.86. The Labute approximate surface area is 159 Å². The first kappa shape index (κ1) is 18.4. The summed E-state index contributed by atoms with van der Waals surface area (Å²) < 4.78 is 29.1. The van der Waals surface area contributed by atoms with E-state index in [0.29, 0.717) is 42.1 Å². The highest BCUT2D eigenvalue weighted by Crippen LogP contribution is 2.23. The molecule has 2 fully saturated rings. The smallest absolute Gasteiger partial charge is 0.254 e. The third-order valence-electron chi connectivity index (χ3n) is 5.47. The van der Waals surface area contributed by atoms with Crippen LogP contribution in [0, 0.1) is 0 Å². The van der Waals surface area contributed by atoms with Gasteiger partial charge in [-0.1, -0.05) is 13.8 Å². The van der Waals surface area contributed by atoms with Crippen molar-refractivity contribution in [1.82, 2.24) is 14.8 Å². The van der Waals surface area contributed by atoms with Gasteiger partial charge in [0.2, 0.25) is 0 Å². The normalized spacial score (nSPS) is 23.4. The molecule has 2 aromatic rings. The summed E-state index contributed by atoms with van der Waals surface area (Å²) in [6.07, 6.45) is 0.706. The maximum Gasteiger partial charge on any atom is 0.254 e. The number of benzene rings is 1. The zero-order chi connectivity index (χ0) is 19.2. The fourth-order valence-corrected chi connectivity index (χ4v) is 5.62. The monoisotopic (exact) mass is 391 g/mol. The van der Waals surface area contributed by atoms with Gasteiger partial charge in [-0.2, -0.15) is 0 Å². The van der Waals surface area contributed by atoms with Gasteiger partial charge in [-0.25, -0.2) is 13.4 Å². The van der Waals surface area contributed by atoms with E-state index in [1.165, 1.54) is 0 Å². The van der Waals surface area contributed by atoms with Crippen molar-refractivity contribution in [2.24, 2.45) is 0 Å². The molecule has 4 rings (SSSR count). The van der Waals surface area contributed by atoms with Crippen LogP contribution < -0.4 is 0 Å². The van der Waals surface area contributed by atoms with Gasteiger partial charge in [0.05, 0.1) is 11.5 Å². The van der Waals surface area contributed by atoms with Crippen LogP contribution in [-0.2, 0) is 9.84 Å². The van der Waals surface area contributed by atoms with E-state index in [2.05, 4.69) is 9.88 Å². The first-order valence-corrected chi connectivity index (χ1v) is 11.3. The van der Waals surface area contributed by atoms with Crippen molar-refractivity contribution in [3.05, 3.63) is 29.7 Å². The van der Waals surface area contributed by atoms with Crippen LogP contribution in [0.15, 0.2) is 22.6 Å². The largest absolute Gasteiger partial charge is 0.440 e. The molecule has 0 aliphatic carbocycles. The summed E-state index contributed by atoms with van der Waals surface area (Å²) in [7, 11) is -2.88. The van der Waals surface area contributed by atoms with Gasteiger partial charge in [-0.3, -0.25) is 9.69 Å². The lowest BCUT2D eigenvalue weighted by molar-refractivity contribution is 0.0588. The molecule has 8 heteroatoms. The van der Waals surface area contributed by atoms with Crippen molar-refractivity contribution < 1.29 is 17.6 Å². The topological polar surface area (TPSA) is 83.7 Å². The molecule has 1 aromatic heterocycles. The second kappa shape index (κ2) is 6.91. The van der Waals surface area contributed by atoms with Crippen LogP contribution in [0.3, 0.4) is 0 Å². The number of oxazole rings is 1. The van der Waals surface area contributed by atoms with Crippen molar-refractivity contribution in [2.45, 2.75) is 32.2 Å². The highest BCUT2D eigenvalue weighted by Gasteiger charge is 2.34. The molecule has 1 aromatic carbocycles. The third kappa shape index (κ3) is 3.73. The number of carbonyl (C=O) groups is 1. The van der Waals surface area contributed by atoms with E-state index >= 15 is 0 Å². The molecule has 2 aliphatic heterocycles. The predicted octanol–water partition coefficient (Wildman–Crippen LogP) is 1.90. The minimum absolute atomic E-state index is 0.00955. The Morgan fingerprint density at radius 3 is 2.59 bits per heavy atom. The number of hydrogen-bond donors (Lipinski definition) is 0. The quantitative estimate of drug-likeness (QED) is 0.795. The number of sulfone groups is 1. The minimum atomic E-state index is -2.88. The van der Waals surface area contributed by atoms with Gasteiger partial charge >= 0.3 is 0 Å². The van der Waals surface area contributed by atoms with E-state index < -0.39 is 9.84 Å². The molecule has 146 valence electrons. The number of fused-ring (bicyclic) bond motifs is 1. The molecule has 7 nitrogen and oxygen atoms in total. The zero-order valence-electron chi connectivity index (χ0n) is 15.7. The van der Waals surface area contributed by atoms with Crippen LogP contribution in [0.1, 0.15) is 42.4 Å². The molecular weight excluding hydrogens is 366 g/mol. The number of piperazine rings is 1. The van der Waals surface area contributed by atoms with Crippen LogP contribution in [-0.4, -0.2) is 72.8 Å². The second-order valence-electron chi connectivity index (χ2n) is 7.77. The van der Waals surface area contributed by atoms with E-state index in [1.54, 1.807) is 18.2 Å². The molecule has 2 aliphatic rings. The maximum absolute atomic E-state index is 12.9. The minimum Gasteiger partial charge on any atom is -0.440 e. The Morgan fingerprint density at radius 2 is 1.96 bits per heavy atom. The number of rotatable bonds is 3. The molecule has 1 atom stereocenters. The average Bonchev–Trinajstić information content (AvgIpc) is 3.23. The number of hydrogen-bond acceptors (Lipinski definition) is 6. The van der Waals surface area contributed by atoms with E-state index in [1.807, 2.05) is 18.7 Å². The summed E-state index contributed by atoms with van der Waals surface area (Å²) in [5.74, 6) is 1.40. The first-order chi connectivity index (χ1) is 12.8. The summed E-state index contributed by atoms with van der Waals surface area (Å²) >= 11 is 0. The number of carbonyl (C=O) groups excluding carboxylic acids is 1. The second-order valence-corrected chi connectivity index (χ2v) is 10.0. The molecule has 3 heterocycles. The summed E-state index contributed by atoms with van der Waals surface area (Å²) in [6, 6.07) is 5.49. The van der Waals surface area contributed by atoms with Crippen molar-refractivity contribution in [2.75, 3.05) is 37.7 Å². The third-order valence-corrected chi connectivity index (χ3v) is 7.22. The lowest BCUT2D eigenvalue weighted by Crippen LogP contribution is -2.52. The van der Waals surface area contributed by atoms with Crippen molar-refractivity contribution in [3.63, 3.8) is 0 Å². The Hall–Kier alpha value is -1.93. The van der Waals surface area contributed by atoms with Gasteiger partial charge in [0, 0.05) is 43.7 Å². The Morgan fingerprint density at radius 1 is 1.22 bits per heavy atom. The molecule has 0 radical (unpaired) electrons. The van der Waals surface area contributed by atoms with Crippen LogP contribution in [0.4, 0.5) is 0 Å². The SMILES string of the molecule is CC(C)c1nc2cc(C(=O)N3CCN(C4CCS(=O)(=O)C4)CC3)ccc2o1. The maximum atomic E-state index is 12.9. The van der Waals surface area contributed by atoms with Crippen molar-refractivity contribution in [1.29, 1.82) is 0 Å². The van der Waals surface area contributed by atoms with Crippen LogP contribution >= 0.6 is 0 Å². The molecule has 1 amide bonds. The summed E-state index contributed by atoms with van der Waals surface area (Å²) in [5.41, 5.74) is 2.02. The molecule has 27 heavy (non-hydrogen) atoms. The Kier molecular flexibility index (Phi) is 4.71. The highest BCUT2D eigenvalue weighted by molar-refractivity contribution is 7.91. The van der Waals surface area contributed by atoms with E-state index in [0.717, 1.165) is 13.1 Å². The molecule has 0 saturated carbocycles.